The minimum atomic E-state index is -0.935. The van der Waals surface area contributed by atoms with E-state index in [0.29, 0.717) is 6.42 Å². The number of hydrogen-bond donors (Lipinski definition) is 2. The highest BCUT2D eigenvalue weighted by Gasteiger charge is 2.43. The van der Waals surface area contributed by atoms with E-state index in [1.54, 1.807) is 0 Å². The topological polar surface area (TPSA) is 66.8 Å². The quantitative estimate of drug-likeness (QED) is 0.514. The smallest absolute Gasteiger partial charge is 0.309 e. The van der Waals surface area contributed by atoms with E-state index in [9.17, 15) is 15.0 Å². The maximum absolute atomic E-state index is 11.5. The van der Waals surface area contributed by atoms with Crippen LogP contribution in [0.3, 0.4) is 0 Å². The number of rotatable bonds is 2. The van der Waals surface area contributed by atoms with Gasteiger partial charge in [0.2, 0.25) is 0 Å². The predicted molar refractivity (Wildman–Crippen MR) is 55.0 cm³/mol. The van der Waals surface area contributed by atoms with Crippen molar-refractivity contribution in [1.29, 1.82) is 0 Å². The minimum absolute atomic E-state index is 0.111. The number of aliphatic hydroxyl groups excluding tert-OH is 2. The summed E-state index contributed by atoms with van der Waals surface area (Å²) < 4.78 is 4.67. The SMILES string of the molecule is C=C[C@H]1[C@@H](O)[C@H](O)[C@H](C)C[C@@H]1C(=O)OC. The molecule has 1 aliphatic rings. The summed E-state index contributed by atoms with van der Waals surface area (Å²) in [5.41, 5.74) is 0. The third-order valence-electron chi connectivity index (χ3n) is 3.19. The highest BCUT2D eigenvalue weighted by molar-refractivity contribution is 5.73. The summed E-state index contributed by atoms with van der Waals surface area (Å²) in [6, 6.07) is 0. The lowest BCUT2D eigenvalue weighted by molar-refractivity contribution is -0.156. The molecular formula is C11H18O4. The third kappa shape index (κ3) is 2.21. The molecule has 1 fully saturated rings. The van der Waals surface area contributed by atoms with E-state index in [1.165, 1.54) is 13.2 Å². The van der Waals surface area contributed by atoms with Crippen molar-refractivity contribution in [3.05, 3.63) is 12.7 Å². The van der Waals surface area contributed by atoms with E-state index < -0.39 is 24.0 Å². The Morgan fingerprint density at radius 3 is 2.53 bits per heavy atom. The molecule has 1 aliphatic carbocycles. The molecule has 0 aromatic carbocycles. The van der Waals surface area contributed by atoms with Crippen LogP contribution in [-0.4, -0.2) is 35.5 Å². The monoisotopic (exact) mass is 214 g/mol. The van der Waals surface area contributed by atoms with Crippen LogP contribution in [0.15, 0.2) is 12.7 Å². The van der Waals surface area contributed by atoms with Crippen LogP contribution < -0.4 is 0 Å². The second-order valence-electron chi connectivity index (χ2n) is 4.14. The van der Waals surface area contributed by atoms with Crippen LogP contribution in [0.4, 0.5) is 0 Å². The fraction of sp³-hybridized carbons (Fsp3) is 0.727. The molecule has 4 nitrogen and oxygen atoms in total. The van der Waals surface area contributed by atoms with Crippen molar-refractivity contribution in [3.8, 4) is 0 Å². The Morgan fingerprint density at radius 1 is 1.47 bits per heavy atom. The van der Waals surface area contributed by atoms with Gasteiger partial charge in [-0.15, -0.1) is 6.58 Å². The first-order valence-corrected chi connectivity index (χ1v) is 5.09. The number of hydrogen-bond acceptors (Lipinski definition) is 4. The minimum Gasteiger partial charge on any atom is -0.469 e. The molecule has 0 unspecified atom stereocenters. The van der Waals surface area contributed by atoms with Gasteiger partial charge in [0.15, 0.2) is 0 Å². The van der Waals surface area contributed by atoms with Crippen molar-refractivity contribution in [1.82, 2.24) is 0 Å². The van der Waals surface area contributed by atoms with Crippen molar-refractivity contribution in [2.24, 2.45) is 17.8 Å². The van der Waals surface area contributed by atoms with Crippen LogP contribution >= 0.6 is 0 Å². The molecule has 0 amide bonds. The Kier molecular flexibility index (Phi) is 3.88. The van der Waals surface area contributed by atoms with Gasteiger partial charge in [0.05, 0.1) is 25.2 Å². The molecule has 0 aliphatic heterocycles. The summed E-state index contributed by atoms with van der Waals surface area (Å²) in [6.45, 7) is 5.39. The van der Waals surface area contributed by atoms with Crippen LogP contribution in [-0.2, 0) is 9.53 Å². The van der Waals surface area contributed by atoms with Gasteiger partial charge in [-0.1, -0.05) is 13.0 Å². The molecule has 0 spiro atoms. The zero-order valence-corrected chi connectivity index (χ0v) is 9.09. The number of ether oxygens (including phenoxy) is 1. The number of carbonyl (C=O) groups excluding carboxylic acids is 1. The lowest BCUT2D eigenvalue weighted by Gasteiger charge is -2.39. The molecule has 0 aromatic heterocycles. The van der Waals surface area contributed by atoms with Crippen molar-refractivity contribution in [3.63, 3.8) is 0 Å². The lowest BCUT2D eigenvalue weighted by atomic mass is 9.71. The van der Waals surface area contributed by atoms with E-state index in [4.69, 9.17) is 0 Å². The molecule has 86 valence electrons. The van der Waals surface area contributed by atoms with E-state index in [2.05, 4.69) is 11.3 Å². The van der Waals surface area contributed by atoms with Gasteiger partial charge in [-0.2, -0.15) is 0 Å². The second kappa shape index (κ2) is 4.77. The molecule has 2 N–H and O–H groups in total. The lowest BCUT2D eigenvalue weighted by Crippen LogP contribution is -2.48. The fourth-order valence-electron chi connectivity index (χ4n) is 2.21. The average molecular weight is 214 g/mol. The number of methoxy groups -OCH3 is 1. The molecule has 1 saturated carbocycles. The van der Waals surface area contributed by atoms with E-state index in [1.807, 2.05) is 6.92 Å². The van der Waals surface area contributed by atoms with Gasteiger partial charge in [0.1, 0.15) is 0 Å². The summed E-state index contributed by atoms with van der Waals surface area (Å²) in [5.74, 6) is -1.29. The summed E-state index contributed by atoms with van der Waals surface area (Å²) in [5, 5.41) is 19.5. The summed E-state index contributed by atoms with van der Waals surface area (Å²) in [6.07, 6.45) is 0.299. The first kappa shape index (κ1) is 12.2. The third-order valence-corrected chi connectivity index (χ3v) is 3.19. The van der Waals surface area contributed by atoms with E-state index in [0.717, 1.165) is 0 Å². The molecule has 5 atom stereocenters. The summed E-state index contributed by atoms with van der Waals surface area (Å²) >= 11 is 0. The van der Waals surface area contributed by atoms with Crippen LogP contribution in [0.1, 0.15) is 13.3 Å². The number of carbonyl (C=O) groups is 1. The molecule has 0 radical (unpaired) electrons. The maximum Gasteiger partial charge on any atom is 0.309 e. The van der Waals surface area contributed by atoms with Gasteiger partial charge in [0.25, 0.3) is 0 Å². The molecule has 0 aromatic rings. The largest absolute Gasteiger partial charge is 0.469 e. The first-order chi connectivity index (χ1) is 7.02. The van der Waals surface area contributed by atoms with Crippen molar-refractivity contribution >= 4 is 5.97 Å². The molecule has 4 heteroatoms. The number of esters is 1. The van der Waals surface area contributed by atoms with Gasteiger partial charge in [-0.25, -0.2) is 0 Å². The Morgan fingerprint density at radius 2 is 2.07 bits per heavy atom. The van der Waals surface area contributed by atoms with Crippen molar-refractivity contribution in [2.75, 3.05) is 7.11 Å². The van der Waals surface area contributed by atoms with Crippen LogP contribution in [0, 0.1) is 17.8 Å². The normalized spacial score (nSPS) is 40.9. The van der Waals surface area contributed by atoms with Crippen LogP contribution in [0.5, 0.6) is 0 Å². The molecule has 15 heavy (non-hydrogen) atoms. The predicted octanol–water partition coefficient (Wildman–Crippen LogP) is 0.339. The van der Waals surface area contributed by atoms with Gasteiger partial charge < -0.3 is 14.9 Å². The van der Waals surface area contributed by atoms with Gasteiger partial charge in [-0.3, -0.25) is 4.79 Å². The Hall–Kier alpha value is -0.870. The van der Waals surface area contributed by atoms with Crippen LogP contribution in [0.2, 0.25) is 0 Å². The van der Waals surface area contributed by atoms with E-state index in [-0.39, 0.29) is 11.9 Å². The van der Waals surface area contributed by atoms with Gasteiger partial charge in [0, 0.05) is 5.92 Å². The standard InChI is InChI=1S/C11H18O4/c1-4-7-8(11(14)15-3)5-6(2)9(12)10(7)13/h4,6-10,12-13H,1,5H2,2-3H3/t6-,7-,8+,9-,10-/m1/s1. The van der Waals surface area contributed by atoms with Crippen LogP contribution in [0.25, 0.3) is 0 Å². The average Bonchev–Trinajstić information content (AvgIpc) is 2.24. The zero-order valence-electron chi connectivity index (χ0n) is 9.09. The molecule has 0 saturated heterocycles. The highest BCUT2D eigenvalue weighted by Crippen LogP contribution is 2.35. The second-order valence-corrected chi connectivity index (χ2v) is 4.14. The Bertz CT molecular complexity index is 251. The highest BCUT2D eigenvalue weighted by atomic mass is 16.5. The van der Waals surface area contributed by atoms with Gasteiger partial charge >= 0.3 is 5.97 Å². The summed E-state index contributed by atoms with van der Waals surface area (Å²) in [4.78, 5) is 11.5. The Labute approximate surface area is 89.6 Å². The summed E-state index contributed by atoms with van der Waals surface area (Å²) in [7, 11) is 1.32. The fourth-order valence-corrected chi connectivity index (χ4v) is 2.21. The van der Waals surface area contributed by atoms with Crippen molar-refractivity contribution < 1.29 is 19.7 Å². The molecule has 0 heterocycles. The zero-order chi connectivity index (χ0) is 11.6. The van der Waals surface area contributed by atoms with Crippen molar-refractivity contribution in [2.45, 2.75) is 25.6 Å². The first-order valence-electron chi connectivity index (χ1n) is 5.09. The van der Waals surface area contributed by atoms with E-state index >= 15 is 0 Å². The molecule has 1 rings (SSSR count). The Balaban J connectivity index is 2.87. The number of aliphatic hydroxyl groups is 2. The molecular weight excluding hydrogens is 196 g/mol. The molecule has 0 bridgehead atoms. The van der Waals surface area contributed by atoms with Gasteiger partial charge in [-0.05, 0) is 12.3 Å². The maximum atomic E-state index is 11.5.